The zero-order chi connectivity index (χ0) is 16.8. The second-order valence-electron chi connectivity index (χ2n) is 5.94. The molecule has 6 nitrogen and oxygen atoms in total. The molecule has 130 valence electrons. The lowest BCUT2D eigenvalue weighted by molar-refractivity contribution is 0.122. The van der Waals surface area contributed by atoms with E-state index in [1.165, 1.54) is 0 Å². The normalized spacial score (nSPS) is 15.2. The summed E-state index contributed by atoms with van der Waals surface area (Å²) < 4.78 is 5.44. The van der Waals surface area contributed by atoms with Gasteiger partial charge in [-0.2, -0.15) is 4.98 Å². The lowest BCUT2D eigenvalue weighted by atomic mass is 10.2. The van der Waals surface area contributed by atoms with E-state index in [1.54, 1.807) is 0 Å². The maximum Gasteiger partial charge on any atom is 0.228 e. The number of morpholine rings is 1. The minimum atomic E-state index is 0.737. The van der Waals surface area contributed by atoms with Crippen LogP contribution in [0.3, 0.4) is 0 Å². The number of ether oxygens (including phenoxy) is 1. The van der Waals surface area contributed by atoms with Gasteiger partial charge in [0.15, 0.2) is 0 Å². The van der Waals surface area contributed by atoms with Gasteiger partial charge in [-0.05, 0) is 25.2 Å². The van der Waals surface area contributed by atoms with Crippen LogP contribution in [0.1, 0.15) is 13.8 Å². The van der Waals surface area contributed by atoms with E-state index >= 15 is 0 Å². The zero-order valence-corrected chi connectivity index (χ0v) is 14.7. The second kappa shape index (κ2) is 8.26. The van der Waals surface area contributed by atoms with Crippen LogP contribution < -0.4 is 10.2 Å². The Morgan fingerprint density at radius 2 is 1.88 bits per heavy atom. The van der Waals surface area contributed by atoms with Gasteiger partial charge >= 0.3 is 0 Å². The number of nitrogens with zero attached hydrogens (tertiary/aromatic N) is 4. The van der Waals surface area contributed by atoms with Crippen molar-refractivity contribution in [2.75, 3.05) is 62.7 Å². The Balaban J connectivity index is 1.81. The maximum atomic E-state index is 5.44. The molecule has 1 fully saturated rings. The highest BCUT2D eigenvalue weighted by Gasteiger charge is 2.16. The highest BCUT2D eigenvalue weighted by molar-refractivity contribution is 5.90. The number of nitrogens with one attached hydrogen (secondary N) is 1. The molecule has 1 aromatic heterocycles. The summed E-state index contributed by atoms with van der Waals surface area (Å²) >= 11 is 0. The molecule has 3 rings (SSSR count). The van der Waals surface area contributed by atoms with Gasteiger partial charge in [-0.25, -0.2) is 4.98 Å². The highest BCUT2D eigenvalue weighted by Crippen LogP contribution is 2.23. The van der Waals surface area contributed by atoms with E-state index in [-0.39, 0.29) is 0 Å². The number of benzene rings is 1. The Bertz CT molecular complexity index is 653. The van der Waals surface area contributed by atoms with E-state index in [2.05, 4.69) is 41.1 Å². The average molecular weight is 329 g/mol. The van der Waals surface area contributed by atoms with Crippen LogP contribution in [0.25, 0.3) is 10.9 Å². The molecule has 0 bridgehead atoms. The van der Waals surface area contributed by atoms with Gasteiger partial charge in [0.2, 0.25) is 5.95 Å². The van der Waals surface area contributed by atoms with Crippen molar-refractivity contribution in [1.82, 2.24) is 14.9 Å². The third-order valence-electron chi connectivity index (χ3n) is 4.50. The van der Waals surface area contributed by atoms with E-state index < -0.39 is 0 Å². The highest BCUT2D eigenvalue weighted by atomic mass is 16.5. The first-order chi connectivity index (χ1) is 11.8. The smallest absolute Gasteiger partial charge is 0.228 e. The molecule has 6 heteroatoms. The van der Waals surface area contributed by atoms with Crippen LogP contribution in [0, 0.1) is 0 Å². The Hall–Kier alpha value is -1.92. The fraction of sp³-hybridized carbons (Fsp3) is 0.556. The molecule has 0 radical (unpaired) electrons. The molecular formula is C18H27N5O. The molecule has 1 aliphatic heterocycles. The van der Waals surface area contributed by atoms with Crippen molar-refractivity contribution in [3.8, 4) is 0 Å². The van der Waals surface area contributed by atoms with E-state index in [4.69, 9.17) is 14.7 Å². The van der Waals surface area contributed by atoms with Crippen molar-refractivity contribution >= 4 is 22.7 Å². The Kier molecular flexibility index (Phi) is 5.82. The maximum absolute atomic E-state index is 5.44. The Morgan fingerprint density at radius 1 is 1.12 bits per heavy atom. The van der Waals surface area contributed by atoms with Crippen LogP contribution in [-0.2, 0) is 4.74 Å². The van der Waals surface area contributed by atoms with Crippen molar-refractivity contribution in [3.05, 3.63) is 24.3 Å². The van der Waals surface area contributed by atoms with Gasteiger partial charge in [0.25, 0.3) is 0 Å². The zero-order valence-electron chi connectivity index (χ0n) is 14.7. The van der Waals surface area contributed by atoms with Gasteiger partial charge in [0, 0.05) is 31.6 Å². The van der Waals surface area contributed by atoms with Gasteiger partial charge in [-0.15, -0.1) is 0 Å². The number of hydrogen-bond acceptors (Lipinski definition) is 6. The third kappa shape index (κ3) is 3.94. The van der Waals surface area contributed by atoms with Crippen LogP contribution in [0.2, 0.25) is 0 Å². The predicted octanol–water partition coefficient (Wildman–Crippen LogP) is 2.22. The predicted molar refractivity (Wildman–Crippen MR) is 98.8 cm³/mol. The van der Waals surface area contributed by atoms with Gasteiger partial charge in [0.1, 0.15) is 5.82 Å². The van der Waals surface area contributed by atoms with E-state index in [9.17, 15) is 0 Å². The average Bonchev–Trinajstić information content (AvgIpc) is 2.65. The van der Waals surface area contributed by atoms with Crippen LogP contribution in [-0.4, -0.2) is 67.4 Å². The number of aromatic nitrogens is 2. The van der Waals surface area contributed by atoms with Gasteiger partial charge in [0.05, 0.1) is 18.7 Å². The molecule has 0 unspecified atom stereocenters. The number of anilines is 2. The fourth-order valence-electron chi connectivity index (χ4n) is 2.98. The lowest BCUT2D eigenvalue weighted by Gasteiger charge is -2.27. The number of para-hydroxylation sites is 1. The summed E-state index contributed by atoms with van der Waals surface area (Å²) in [4.78, 5) is 14.1. The summed E-state index contributed by atoms with van der Waals surface area (Å²) in [6.45, 7) is 11.6. The molecule has 1 aliphatic rings. The van der Waals surface area contributed by atoms with Crippen LogP contribution in [0.4, 0.5) is 11.8 Å². The fourth-order valence-corrected chi connectivity index (χ4v) is 2.98. The van der Waals surface area contributed by atoms with Gasteiger partial charge in [-0.3, -0.25) is 0 Å². The first-order valence-electron chi connectivity index (χ1n) is 8.87. The third-order valence-corrected chi connectivity index (χ3v) is 4.50. The minimum Gasteiger partial charge on any atom is -0.378 e. The molecular weight excluding hydrogens is 302 g/mol. The molecule has 1 N–H and O–H groups in total. The first kappa shape index (κ1) is 16.9. The summed E-state index contributed by atoms with van der Waals surface area (Å²) in [5.41, 5.74) is 0.985. The quantitative estimate of drug-likeness (QED) is 0.841. The standard InChI is InChI=1S/C18H27N5O/c1-3-22(4-2)10-9-19-17-15-7-5-6-8-16(15)20-18(21-17)23-11-13-24-14-12-23/h5-8H,3-4,9-14H2,1-2H3,(H,19,20,21). The summed E-state index contributed by atoms with van der Waals surface area (Å²) in [7, 11) is 0. The molecule has 1 saturated heterocycles. The topological polar surface area (TPSA) is 53.5 Å². The van der Waals surface area contributed by atoms with Crippen LogP contribution >= 0.6 is 0 Å². The number of rotatable bonds is 7. The summed E-state index contributed by atoms with van der Waals surface area (Å²) in [5.74, 6) is 1.72. The van der Waals surface area contributed by atoms with Gasteiger partial charge < -0.3 is 19.9 Å². The second-order valence-corrected chi connectivity index (χ2v) is 5.94. The Labute approximate surface area is 143 Å². The van der Waals surface area contributed by atoms with E-state index in [1.807, 2.05) is 12.1 Å². The first-order valence-corrected chi connectivity index (χ1v) is 8.87. The molecule has 2 aromatic rings. The SMILES string of the molecule is CCN(CC)CCNc1nc(N2CCOCC2)nc2ccccc12. The Morgan fingerprint density at radius 3 is 2.62 bits per heavy atom. The minimum absolute atomic E-state index is 0.737. The lowest BCUT2D eigenvalue weighted by Crippen LogP contribution is -2.37. The molecule has 0 saturated carbocycles. The van der Waals surface area contributed by atoms with E-state index in [0.29, 0.717) is 0 Å². The van der Waals surface area contributed by atoms with Gasteiger partial charge in [-0.1, -0.05) is 26.0 Å². The number of hydrogen-bond donors (Lipinski definition) is 1. The van der Waals surface area contributed by atoms with Crippen molar-refractivity contribution in [3.63, 3.8) is 0 Å². The molecule has 0 spiro atoms. The van der Waals surface area contributed by atoms with Crippen LogP contribution in [0.15, 0.2) is 24.3 Å². The van der Waals surface area contributed by atoms with Crippen molar-refractivity contribution in [2.24, 2.45) is 0 Å². The monoisotopic (exact) mass is 329 g/mol. The number of fused-ring (bicyclic) bond motifs is 1. The summed E-state index contributed by atoms with van der Waals surface area (Å²) in [6, 6.07) is 8.20. The molecule has 0 amide bonds. The molecule has 0 aliphatic carbocycles. The summed E-state index contributed by atoms with van der Waals surface area (Å²) in [6.07, 6.45) is 0. The summed E-state index contributed by atoms with van der Waals surface area (Å²) in [5, 5.41) is 4.59. The van der Waals surface area contributed by atoms with Crippen molar-refractivity contribution in [2.45, 2.75) is 13.8 Å². The van der Waals surface area contributed by atoms with Crippen molar-refractivity contribution in [1.29, 1.82) is 0 Å². The van der Waals surface area contributed by atoms with Crippen LogP contribution in [0.5, 0.6) is 0 Å². The molecule has 1 aromatic carbocycles. The molecule has 24 heavy (non-hydrogen) atoms. The van der Waals surface area contributed by atoms with E-state index in [0.717, 1.165) is 75.2 Å². The number of likely N-dealkylation sites (N-methyl/N-ethyl adjacent to an activating group) is 1. The molecule has 2 heterocycles. The van der Waals surface area contributed by atoms with Crippen molar-refractivity contribution < 1.29 is 4.74 Å². The largest absolute Gasteiger partial charge is 0.378 e. The molecule has 0 atom stereocenters.